The lowest BCUT2D eigenvalue weighted by Gasteiger charge is -2.20. The van der Waals surface area contributed by atoms with E-state index in [9.17, 15) is 13.2 Å². The lowest BCUT2D eigenvalue weighted by Crippen LogP contribution is -2.37. The number of carbonyl (C=O) groups excluding carboxylic acids is 1. The van der Waals surface area contributed by atoms with Gasteiger partial charge in [-0.05, 0) is 42.5 Å². The second-order valence-electron chi connectivity index (χ2n) is 6.64. The molecule has 3 aromatic rings. The molecule has 32 heavy (non-hydrogen) atoms. The highest BCUT2D eigenvalue weighted by atomic mass is 35.5. The normalized spacial score (nSPS) is 11.4. The zero-order valence-electron chi connectivity index (χ0n) is 17.8. The van der Waals surface area contributed by atoms with Crippen molar-refractivity contribution in [3.63, 3.8) is 0 Å². The predicted octanol–water partition coefficient (Wildman–Crippen LogP) is 4.16. The predicted molar refractivity (Wildman–Crippen MR) is 128 cm³/mol. The minimum atomic E-state index is -3.86. The average molecular weight is 495 g/mol. The van der Waals surface area contributed by atoms with Crippen LogP contribution >= 0.6 is 22.9 Å². The van der Waals surface area contributed by atoms with Crippen LogP contribution < -0.4 is 15.4 Å². The van der Waals surface area contributed by atoms with Gasteiger partial charge < -0.3 is 15.4 Å². The molecule has 0 radical (unpaired) electrons. The maximum absolute atomic E-state index is 12.9. The number of carbonyl (C=O) groups is 1. The van der Waals surface area contributed by atoms with Gasteiger partial charge >= 0.3 is 0 Å². The van der Waals surface area contributed by atoms with E-state index in [1.165, 1.54) is 42.7 Å². The van der Waals surface area contributed by atoms with Crippen molar-refractivity contribution in [2.24, 2.45) is 0 Å². The molecule has 8 nitrogen and oxygen atoms in total. The summed E-state index contributed by atoms with van der Waals surface area (Å²) < 4.78 is 32.3. The Balaban J connectivity index is 1.80. The molecule has 0 aliphatic rings. The number of benzene rings is 2. The van der Waals surface area contributed by atoms with Crippen molar-refractivity contribution < 1.29 is 17.9 Å². The number of rotatable bonds is 9. The zero-order chi connectivity index (χ0) is 23.3. The third-order valence-electron chi connectivity index (χ3n) is 4.61. The maximum Gasteiger partial charge on any atom is 0.243 e. The number of likely N-dealkylation sites (N-methyl/N-ethyl adjacent to an activating group) is 1. The Morgan fingerprint density at radius 1 is 1.22 bits per heavy atom. The van der Waals surface area contributed by atoms with Crippen molar-refractivity contribution in [2.45, 2.75) is 11.8 Å². The van der Waals surface area contributed by atoms with Crippen molar-refractivity contribution >= 4 is 49.7 Å². The molecule has 0 fully saturated rings. The SMILES string of the molecule is CCN(CC(=O)Nc1cc(-c2csc(NC)n2)ccc1OC)S(=O)(=O)c1ccc(Cl)cc1. The number of ether oxygens (including phenoxy) is 1. The van der Waals surface area contributed by atoms with Gasteiger partial charge in [-0.3, -0.25) is 4.79 Å². The Morgan fingerprint density at radius 3 is 2.53 bits per heavy atom. The summed E-state index contributed by atoms with van der Waals surface area (Å²) in [7, 11) is -0.568. The molecule has 11 heteroatoms. The van der Waals surface area contributed by atoms with Crippen molar-refractivity contribution in [2.75, 3.05) is 37.9 Å². The molecule has 0 atom stereocenters. The summed E-state index contributed by atoms with van der Waals surface area (Å²) in [5.41, 5.74) is 1.96. The van der Waals surface area contributed by atoms with E-state index in [1.54, 1.807) is 26.1 Å². The zero-order valence-corrected chi connectivity index (χ0v) is 20.1. The minimum absolute atomic E-state index is 0.0694. The molecule has 0 unspecified atom stereocenters. The number of methoxy groups -OCH3 is 1. The van der Waals surface area contributed by atoms with Gasteiger partial charge in [0.1, 0.15) is 5.75 Å². The summed E-state index contributed by atoms with van der Waals surface area (Å²) in [6.07, 6.45) is 0. The summed E-state index contributed by atoms with van der Waals surface area (Å²) in [6.45, 7) is 1.44. The van der Waals surface area contributed by atoms with E-state index >= 15 is 0 Å². The lowest BCUT2D eigenvalue weighted by molar-refractivity contribution is -0.116. The van der Waals surface area contributed by atoms with Crippen LogP contribution in [0.3, 0.4) is 0 Å². The van der Waals surface area contributed by atoms with Gasteiger partial charge in [0.15, 0.2) is 5.13 Å². The molecule has 0 saturated carbocycles. The number of thiazole rings is 1. The number of nitrogens with zero attached hydrogens (tertiary/aromatic N) is 2. The first-order valence-electron chi connectivity index (χ1n) is 9.65. The second kappa shape index (κ2) is 10.3. The molecule has 0 aliphatic heterocycles. The number of hydrogen-bond donors (Lipinski definition) is 2. The third kappa shape index (κ3) is 5.39. The first kappa shape index (κ1) is 24.0. The van der Waals surface area contributed by atoms with Gasteiger partial charge in [0.25, 0.3) is 0 Å². The van der Waals surface area contributed by atoms with E-state index in [0.717, 1.165) is 20.7 Å². The third-order valence-corrected chi connectivity index (χ3v) is 7.66. The molecular weight excluding hydrogens is 472 g/mol. The number of anilines is 2. The largest absolute Gasteiger partial charge is 0.495 e. The Morgan fingerprint density at radius 2 is 1.94 bits per heavy atom. The number of hydrogen-bond acceptors (Lipinski definition) is 7. The highest BCUT2D eigenvalue weighted by Crippen LogP contribution is 2.32. The van der Waals surface area contributed by atoms with Crippen LogP contribution in [0.4, 0.5) is 10.8 Å². The van der Waals surface area contributed by atoms with Crippen LogP contribution in [0, 0.1) is 0 Å². The van der Waals surface area contributed by atoms with Gasteiger partial charge in [0.05, 0.1) is 29.9 Å². The van der Waals surface area contributed by atoms with Crippen LogP contribution in [0.25, 0.3) is 11.3 Å². The fourth-order valence-corrected chi connectivity index (χ4v) is 5.17. The smallest absolute Gasteiger partial charge is 0.243 e. The average Bonchev–Trinajstić information content (AvgIpc) is 3.27. The Labute approximate surface area is 196 Å². The van der Waals surface area contributed by atoms with Gasteiger partial charge in [0, 0.05) is 29.6 Å². The van der Waals surface area contributed by atoms with E-state index in [0.29, 0.717) is 16.5 Å². The van der Waals surface area contributed by atoms with Gasteiger partial charge in [-0.2, -0.15) is 4.31 Å². The van der Waals surface area contributed by atoms with Crippen molar-refractivity contribution in [1.82, 2.24) is 9.29 Å². The second-order valence-corrected chi connectivity index (χ2v) is 9.87. The Kier molecular flexibility index (Phi) is 7.73. The number of aromatic nitrogens is 1. The number of amides is 1. The van der Waals surface area contributed by atoms with Gasteiger partial charge in [-0.25, -0.2) is 13.4 Å². The van der Waals surface area contributed by atoms with E-state index in [1.807, 2.05) is 11.4 Å². The fraction of sp³-hybridized carbons (Fsp3) is 0.238. The van der Waals surface area contributed by atoms with Crippen molar-refractivity contribution in [3.05, 3.63) is 52.9 Å². The molecule has 3 rings (SSSR count). The van der Waals surface area contributed by atoms with Crippen LogP contribution in [0.1, 0.15) is 6.92 Å². The Hall–Kier alpha value is -2.66. The van der Waals surface area contributed by atoms with Crippen molar-refractivity contribution in [1.29, 1.82) is 0 Å². The quantitative estimate of drug-likeness (QED) is 0.463. The fourth-order valence-electron chi connectivity index (χ4n) is 2.96. The van der Waals surface area contributed by atoms with Gasteiger partial charge in [-0.15, -0.1) is 11.3 Å². The molecule has 0 bridgehead atoms. The van der Waals surface area contributed by atoms with E-state index in [-0.39, 0.29) is 18.0 Å². The maximum atomic E-state index is 12.9. The molecule has 0 aliphatic carbocycles. The molecular formula is C21H23ClN4O4S2. The lowest BCUT2D eigenvalue weighted by atomic mass is 10.1. The van der Waals surface area contributed by atoms with E-state index < -0.39 is 15.9 Å². The van der Waals surface area contributed by atoms with Gasteiger partial charge in [0.2, 0.25) is 15.9 Å². The first-order valence-corrected chi connectivity index (χ1v) is 12.4. The molecule has 1 heterocycles. The highest BCUT2D eigenvalue weighted by Gasteiger charge is 2.25. The molecule has 1 amide bonds. The number of nitrogens with one attached hydrogen (secondary N) is 2. The van der Waals surface area contributed by atoms with Crippen LogP contribution in [-0.2, 0) is 14.8 Å². The number of sulfonamides is 1. The Bertz CT molecular complexity index is 1200. The summed E-state index contributed by atoms with van der Waals surface area (Å²) in [4.78, 5) is 17.3. The van der Waals surface area contributed by atoms with Crippen LogP contribution in [0.2, 0.25) is 5.02 Å². The molecule has 0 spiro atoms. The standard InChI is InChI=1S/C21H23ClN4O4S2/c1-4-26(32(28,29)16-8-6-15(22)7-9-16)12-20(27)24-17-11-14(5-10-19(17)30-3)18-13-31-21(23-2)25-18/h5-11,13H,4,12H2,1-3H3,(H,23,25)(H,24,27). The number of halogens is 1. The van der Waals surface area contributed by atoms with Crippen molar-refractivity contribution in [3.8, 4) is 17.0 Å². The summed E-state index contributed by atoms with van der Waals surface area (Å²) in [5.74, 6) is -0.0381. The molecule has 2 aromatic carbocycles. The van der Waals surface area contributed by atoms with Crippen LogP contribution in [0.5, 0.6) is 5.75 Å². The molecule has 170 valence electrons. The van der Waals surface area contributed by atoms with E-state index in [2.05, 4.69) is 15.6 Å². The van der Waals surface area contributed by atoms with Crippen LogP contribution in [0.15, 0.2) is 52.7 Å². The summed E-state index contributed by atoms with van der Waals surface area (Å²) in [6, 6.07) is 11.1. The van der Waals surface area contributed by atoms with Gasteiger partial charge in [-0.1, -0.05) is 18.5 Å². The molecule has 2 N–H and O–H groups in total. The first-order chi connectivity index (χ1) is 15.3. The minimum Gasteiger partial charge on any atom is -0.495 e. The monoisotopic (exact) mass is 494 g/mol. The molecule has 1 aromatic heterocycles. The highest BCUT2D eigenvalue weighted by molar-refractivity contribution is 7.89. The summed E-state index contributed by atoms with van der Waals surface area (Å²) in [5, 5.41) is 8.85. The van der Waals surface area contributed by atoms with E-state index in [4.69, 9.17) is 16.3 Å². The topological polar surface area (TPSA) is 101 Å². The molecule has 0 saturated heterocycles. The van der Waals surface area contributed by atoms with Crippen LogP contribution in [-0.4, -0.2) is 50.9 Å². The summed E-state index contributed by atoms with van der Waals surface area (Å²) >= 11 is 7.32.